The van der Waals surface area contributed by atoms with Crippen molar-refractivity contribution in [2.24, 2.45) is 0 Å². The molecule has 1 aliphatic rings. The van der Waals surface area contributed by atoms with Crippen LogP contribution in [0, 0.1) is 0 Å². The van der Waals surface area contributed by atoms with E-state index < -0.39 is 0 Å². The zero-order valence-corrected chi connectivity index (χ0v) is 7.81. The molecule has 1 unspecified atom stereocenters. The first kappa shape index (κ1) is 7.93. The second kappa shape index (κ2) is 3.36. The molecule has 0 saturated heterocycles. The van der Waals surface area contributed by atoms with E-state index in [1.54, 1.807) is 0 Å². The molecule has 2 rings (SSSR count). The fourth-order valence-electron chi connectivity index (χ4n) is 1.62. The van der Waals surface area contributed by atoms with Gasteiger partial charge in [0.1, 0.15) is 0 Å². The summed E-state index contributed by atoms with van der Waals surface area (Å²) >= 11 is 1.99. The summed E-state index contributed by atoms with van der Waals surface area (Å²) in [6.45, 7) is 3.86. The SMILES string of the molecule is C=CC1SCCc2ccccc21. The molecule has 0 bridgehead atoms. The highest BCUT2D eigenvalue weighted by Gasteiger charge is 2.16. The molecule has 0 radical (unpaired) electrons. The Labute approximate surface area is 77.7 Å². The van der Waals surface area contributed by atoms with E-state index in [4.69, 9.17) is 0 Å². The number of fused-ring (bicyclic) bond motifs is 1. The summed E-state index contributed by atoms with van der Waals surface area (Å²) in [5.41, 5.74) is 2.96. The van der Waals surface area contributed by atoms with Gasteiger partial charge in [0.25, 0.3) is 0 Å². The van der Waals surface area contributed by atoms with Crippen LogP contribution in [0.3, 0.4) is 0 Å². The van der Waals surface area contributed by atoms with Gasteiger partial charge < -0.3 is 0 Å². The Bertz CT molecular complexity index is 291. The first-order chi connectivity index (χ1) is 5.92. The van der Waals surface area contributed by atoms with Crippen molar-refractivity contribution in [2.75, 3.05) is 5.75 Å². The smallest absolute Gasteiger partial charge is 0.0477 e. The van der Waals surface area contributed by atoms with E-state index in [1.807, 2.05) is 17.8 Å². The van der Waals surface area contributed by atoms with Crippen LogP contribution >= 0.6 is 11.8 Å². The van der Waals surface area contributed by atoms with Gasteiger partial charge in [0.15, 0.2) is 0 Å². The molecule has 1 atom stereocenters. The van der Waals surface area contributed by atoms with Crippen molar-refractivity contribution >= 4 is 11.8 Å². The van der Waals surface area contributed by atoms with Crippen LogP contribution in [0.5, 0.6) is 0 Å². The monoisotopic (exact) mass is 176 g/mol. The van der Waals surface area contributed by atoms with Gasteiger partial charge in [-0.3, -0.25) is 0 Å². The predicted octanol–water partition coefficient (Wildman–Crippen LogP) is 3.20. The third kappa shape index (κ3) is 1.29. The molecule has 0 aliphatic carbocycles. The van der Waals surface area contributed by atoms with Crippen LogP contribution in [0.1, 0.15) is 16.4 Å². The van der Waals surface area contributed by atoms with Gasteiger partial charge in [0, 0.05) is 5.25 Å². The first-order valence-corrected chi connectivity index (χ1v) is 5.28. The summed E-state index contributed by atoms with van der Waals surface area (Å²) < 4.78 is 0. The van der Waals surface area contributed by atoms with Crippen LogP contribution in [0.25, 0.3) is 0 Å². The molecule has 0 nitrogen and oxygen atoms in total. The van der Waals surface area contributed by atoms with Crippen molar-refractivity contribution in [1.29, 1.82) is 0 Å². The van der Waals surface area contributed by atoms with Crippen molar-refractivity contribution in [3.63, 3.8) is 0 Å². The molecule has 1 aromatic rings. The van der Waals surface area contributed by atoms with Crippen molar-refractivity contribution in [2.45, 2.75) is 11.7 Å². The van der Waals surface area contributed by atoms with Crippen LogP contribution in [0.2, 0.25) is 0 Å². The second-order valence-electron chi connectivity index (χ2n) is 2.98. The van der Waals surface area contributed by atoms with Gasteiger partial charge in [-0.2, -0.15) is 0 Å². The largest absolute Gasteiger partial charge is 0.149 e. The molecule has 1 heterocycles. The normalized spacial score (nSPS) is 21.5. The van der Waals surface area contributed by atoms with Gasteiger partial charge in [-0.15, -0.1) is 18.3 Å². The fraction of sp³-hybridized carbons (Fsp3) is 0.273. The molecule has 1 aliphatic heterocycles. The van der Waals surface area contributed by atoms with E-state index in [0.717, 1.165) is 0 Å². The Balaban J connectivity index is 2.43. The highest BCUT2D eigenvalue weighted by molar-refractivity contribution is 7.99. The predicted molar refractivity (Wildman–Crippen MR) is 55.5 cm³/mol. The lowest BCUT2D eigenvalue weighted by molar-refractivity contribution is 1.04. The molecule has 0 fully saturated rings. The van der Waals surface area contributed by atoms with Crippen LogP contribution in [0.15, 0.2) is 36.9 Å². The summed E-state index contributed by atoms with van der Waals surface area (Å²) in [6.07, 6.45) is 3.26. The number of benzene rings is 1. The van der Waals surface area contributed by atoms with Crippen molar-refractivity contribution in [1.82, 2.24) is 0 Å². The van der Waals surface area contributed by atoms with E-state index >= 15 is 0 Å². The van der Waals surface area contributed by atoms with Gasteiger partial charge >= 0.3 is 0 Å². The minimum atomic E-state index is 0.523. The molecule has 1 heteroatoms. The fourth-order valence-corrected chi connectivity index (χ4v) is 2.76. The number of aryl methyl sites for hydroxylation is 1. The lowest BCUT2D eigenvalue weighted by Gasteiger charge is -2.21. The van der Waals surface area contributed by atoms with Gasteiger partial charge in [-0.05, 0) is 23.3 Å². The molecule has 12 heavy (non-hydrogen) atoms. The number of hydrogen-bond acceptors (Lipinski definition) is 1. The van der Waals surface area contributed by atoms with E-state index in [2.05, 4.69) is 30.8 Å². The molecule has 62 valence electrons. The standard InChI is InChI=1S/C11H12S/c1-2-11-10-6-4-3-5-9(10)7-8-12-11/h2-6,11H,1,7-8H2. The number of rotatable bonds is 1. The van der Waals surface area contributed by atoms with Gasteiger partial charge in [-0.1, -0.05) is 30.3 Å². The Morgan fingerprint density at radius 1 is 1.42 bits per heavy atom. The Hall–Kier alpha value is -0.690. The summed E-state index contributed by atoms with van der Waals surface area (Å²) in [4.78, 5) is 0. The van der Waals surface area contributed by atoms with Gasteiger partial charge in [0.05, 0.1) is 0 Å². The van der Waals surface area contributed by atoms with Crippen molar-refractivity contribution < 1.29 is 0 Å². The molecule has 0 aromatic heterocycles. The molecule has 0 spiro atoms. The average molecular weight is 176 g/mol. The minimum Gasteiger partial charge on any atom is -0.149 e. The van der Waals surface area contributed by atoms with Crippen molar-refractivity contribution in [3.05, 3.63) is 48.0 Å². The van der Waals surface area contributed by atoms with E-state index in [0.29, 0.717) is 5.25 Å². The molecular formula is C11H12S. The lowest BCUT2D eigenvalue weighted by Crippen LogP contribution is -2.05. The number of thioether (sulfide) groups is 1. The zero-order chi connectivity index (χ0) is 8.39. The summed E-state index contributed by atoms with van der Waals surface area (Å²) in [7, 11) is 0. The third-order valence-electron chi connectivity index (χ3n) is 2.24. The van der Waals surface area contributed by atoms with Crippen LogP contribution in [-0.2, 0) is 6.42 Å². The first-order valence-electron chi connectivity index (χ1n) is 4.24. The zero-order valence-electron chi connectivity index (χ0n) is 6.99. The topological polar surface area (TPSA) is 0 Å². The quantitative estimate of drug-likeness (QED) is 0.592. The van der Waals surface area contributed by atoms with Crippen LogP contribution in [-0.4, -0.2) is 5.75 Å². The number of hydrogen-bond donors (Lipinski definition) is 0. The molecular weight excluding hydrogens is 164 g/mol. The average Bonchev–Trinajstić information content (AvgIpc) is 2.17. The van der Waals surface area contributed by atoms with Crippen LogP contribution in [0.4, 0.5) is 0 Å². The summed E-state index contributed by atoms with van der Waals surface area (Å²) in [5.74, 6) is 1.23. The highest BCUT2D eigenvalue weighted by atomic mass is 32.2. The molecule has 0 N–H and O–H groups in total. The van der Waals surface area contributed by atoms with E-state index in [9.17, 15) is 0 Å². The van der Waals surface area contributed by atoms with Gasteiger partial charge in [-0.25, -0.2) is 0 Å². The highest BCUT2D eigenvalue weighted by Crippen LogP contribution is 2.36. The maximum atomic E-state index is 3.86. The van der Waals surface area contributed by atoms with E-state index in [-0.39, 0.29) is 0 Å². The summed E-state index contributed by atoms with van der Waals surface area (Å²) in [5, 5.41) is 0.523. The second-order valence-corrected chi connectivity index (χ2v) is 4.23. The Kier molecular flexibility index (Phi) is 2.22. The Morgan fingerprint density at radius 2 is 2.25 bits per heavy atom. The summed E-state index contributed by atoms with van der Waals surface area (Å²) in [6, 6.07) is 8.68. The van der Waals surface area contributed by atoms with Crippen LogP contribution < -0.4 is 0 Å². The minimum absolute atomic E-state index is 0.523. The Morgan fingerprint density at radius 3 is 3.08 bits per heavy atom. The third-order valence-corrected chi connectivity index (χ3v) is 3.49. The van der Waals surface area contributed by atoms with Crippen molar-refractivity contribution in [3.8, 4) is 0 Å². The maximum Gasteiger partial charge on any atom is 0.0477 e. The molecule has 0 amide bonds. The molecule has 0 saturated carbocycles. The molecule has 1 aromatic carbocycles. The maximum absolute atomic E-state index is 3.86. The van der Waals surface area contributed by atoms with Gasteiger partial charge in [0.2, 0.25) is 0 Å². The van der Waals surface area contributed by atoms with E-state index in [1.165, 1.54) is 23.3 Å². The lowest BCUT2D eigenvalue weighted by atomic mass is 10.0.